The summed E-state index contributed by atoms with van der Waals surface area (Å²) in [7, 11) is 0. The number of aromatic nitrogens is 2. The minimum Gasteiger partial charge on any atom is -0.330 e. The Morgan fingerprint density at radius 3 is 2.44 bits per heavy atom. The van der Waals surface area contributed by atoms with Crippen molar-refractivity contribution in [3.8, 4) is 10.7 Å². The molecule has 0 bridgehead atoms. The van der Waals surface area contributed by atoms with Gasteiger partial charge in [-0.1, -0.05) is 51.9 Å². The topological polar surface area (TPSA) is 68.9 Å². The lowest BCUT2D eigenvalue weighted by Gasteiger charge is -2.00. The molecule has 0 atom stereocenters. The van der Waals surface area contributed by atoms with Gasteiger partial charge in [0.15, 0.2) is 5.78 Å². The first kappa shape index (κ1) is 20.2. The summed E-state index contributed by atoms with van der Waals surface area (Å²) in [6, 6.07) is 0. The van der Waals surface area contributed by atoms with E-state index in [1.807, 2.05) is 10.8 Å². The number of Topliss-reactive ketones (excluding diaryl/α,β-unsaturated/α-hetero) is 1. The Kier molecular flexibility index (Phi) is 9.29. The maximum absolute atomic E-state index is 12.3. The molecule has 6 heteroatoms. The smallest absolute Gasteiger partial charge is 0.182 e. The van der Waals surface area contributed by atoms with Crippen molar-refractivity contribution in [1.82, 2.24) is 9.97 Å². The molecule has 0 aliphatic rings. The molecule has 4 nitrogen and oxygen atoms in total. The minimum atomic E-state index is 0.158. The van der Waals surface area contributed by atoms with Crippen LogP contribution in [0.3, 0.4) is 0 Å². The fourth-order valence-electron chi connectivity index (χ4n) is 2.71. The second-order valence-electron chi connectivity index (χ2n) is 6.35. The summed E-state index contributed by atoms with van der Waals surface area (Å²) in [6.07, 6.45) is 11.4. The van der Waals surface area contributed by atoms with Gasteiger partial charge in [0.05, 0.1) is 5.01 Å². The van der Waals surface area contributed by atoms with Crippen LogP contribution < -0.4 is 5.73 Å². The van der Waals surface area contributed by atoms with E-state index < -0.39 is 0 Å². The molecule has 0 amide bonds. The van der Waals surface area contributed by atoms with Crippen molar-refractivity contribution in [1.29, 1.82) is 0 Å². The lowest BCUT2D eigenvalue weighted by molar-refractivity contribution is 0.0975. The van der Waals surface area contributed by atoms with Gasteiger partial charge in [-0.15, -0.1) is 22.7 Å². The molecule has 0 radical (unpaired) electrons. The molecule has 0 fully saturated rings. The van der Waals surface area contributed by atoms with Gasteiger partial charge in [-0.25, -0.2) is 9.97 Å². The average molecular weight is 380 g/mol. The van der Waals surface area contributed by atoms with Crippen molar-refractivity contribution in [2.75, 3.05) is 6.54 Å². The maximum Gasteiger partial charge on any atom is 0.182 e. The Morgan fingerprint density at radius 2 is 1.72 bits per heavy atom. The highest BCUT2D eigenvalue weighted by atomic mass is 32.1. The second-order valence-corrected chi connectivity index (χ2v) is 8.15. The third-order valence-electron chi connectivity index (χ3n) is 4.18. The first-order chi connectivity index (χ1) is 12.2. The normalized spacial score (nSPS) is 11.1. The number of rotatable bonds is 13. The van der Waals surface area contributed by atoms with Gasteiger partial charge in [0, 0.05) is 23.6 Å². The predicted molar refractivity (Wildman–Crippen MR) is 108 cm³/mol. The zero-order valence-electron chi connectivity index (χ0n) is 15.1. The van der Waals surface area contributed by atoms with E-state index >= 15 is 0 Å². The molecular formula is C19H29N3OS2. The van der Waals surface area contributed by atoms with Crippen LogP contribution in [-0.4, -0.2) is 22.3 Å². The van der Waals surface area contributed by atoms with E-state index in [9.17, 15) is 4.79 Å². The van der Waals surface area contributed by atoms with Gasteiger partial charge in [0.25, 0.3) is 0 Å². The molecule has 138 valence electrons. The summed E-state index contributed by atoms with van der Waals surface area (Å²) in [5.41, 5.74) is 7.02. The molecule has 0 spiro atoms. The zero-order valence-corrected chi connectivity index (χ0v) is 16.8. The number of hydrogen-bond donors (Lipinski definition) is 1. The van der Waals surface area contributed by atoms with Crippen molar-refractivity contribution < 1.29 is 4.79 Å². The van der Waals surface area contributed by atoms with Gasteiger partial charge in [-0.05, 0) is 13.0 Å². The molecule has 0 saturated carbocycles. The van der Waals surface area contributed by atoms with Crippen molar-refractivity contribution in [3.05, 3.63) is 21.5 Å². The SMILES string of the molecule is CCCCCCCCCCC(=O)c1csc(-c2csc(CCN)n2)n1. The molecule has 0 aliphatic heterocycles. The fraction of sp³-hybridized carbons (Fsp3) is 0.632. The van der Waals surface area contributed by atoms with E-state index in [-0.39, 0.29) is 5.78 Å². The van der Waals surface area contributed by atoms with Crippen molar-refractivity contribution in [3.63, 3.8) is 0 Å². The summed E-state index contributed by atoms with van der Waals surface area (Å²) in [5.74, 6) is 0.158. The van der Waals surface area contributed by atoms with Gasteiger partial charge in [0.2, 0.25) is 0 Å². The van der Waals surface area contributed by atoms with Crippen LogP contribution in [0.5, 0.6) is 0 Å². The number of carbonyl (C=O) groups excluding carboxylic acids is 1. The number of ketones is 1. The molecule has 0 unspecified atom stereocenters. The number of hydrogen-bond acceptors (Lipinski definition) is 6. The van der Waals surface area contributed by atoms with Crippen molar-refractivity contribution >= 4 is 28.5 Å². The molecule has 2 aromatic heterocycles. The number of nitrogens with zero attached hydrogens (tertiary/aromatic N) is 2. The summed E-state index contributed by atoms with van der Waals surface area (Å²) < 4.78 is 0. The Bertz CT molecular complexity index is 636. The standard InChI is InChI=1S/C19H29N3OS2/c1-2-3-4-5-6-7-8-9-10-17(23)15-13-25-19(22-15)16-14-24-18(21-16)11-12-20/h13-14H,2-12,20H2,1H3. The maximum atomic E-state index is 12.3. The van der Waals surface area contributed by atoms with Crippen LogP contribution in [0.25, 0.3) is 10.7 Å². The third kappa shape index (κ3) is 6.96. The van der Waals surface area contributed by atoms with Gasteiger partial charge < -0.3 is 5.73 Å². The van der Waals surface area contributed by atoms with Gasteiger partial charge in [-0.3, -0.25) is 4.79 Å². The summed E-state index contributed by atoms with van der Waals surface area (Å²) in [4.78, 5) is 21.3. The summed E-state index contributed by atoms with van der Waals surface area (Å²) in [6.45, 7) is 2.84. The van der Waals surface area contributed by atoms with Crippen LogP contribution in [0.1, 0.15) is 80.2 Å². The number of carbonyl (C=O) groups is 1. The number of thiazole rings is 2. The Morgan fingerprint density at radius 1 is 1.00 bits per heavy atom. The van der Waals surface area contributed by atoms with Crippen LogP contribution in [0, 0.1) is 0 Å². The van der Waals surface area contributed by atoms with E-state index in [4.69, 9.17) is 5.73 Å². The van der Waals surface area contributed by atoms with E-state index in [0.29, 0.717) is 18.7 Å². The number of nitrogens with two attached hydrogens (primary N) is 1. The molecule has 25 heavy (non-hydrogen) atoms. The first-order valence-electron chi connectivity index (χ1n) is 9.38. The highest BCUT2D eigenvalue weighted by Crippen LogP contribution is 2.26. The van der Waals surface area contributed by atoms with Crippen LogP contribution in [0.2, 0.25) is 0 Å². The summed E-state index contributed by atoms with van der Waals surface area (Å²) in [5, 5.41) is 5.72. The quantitative estimate of drug-likeness (QED) is 0.369. The van der Waals surface area contributed by atoms with Crippen LogP contribution >= 0.6 is 22.7 Å². The molecule has 0 saturated heterocycles. The molecule has 2 heterocycles. The zero-order chi connectivity index (χ0) is 17.9. The van der Waals surface area contributed by atoms with Gasteiger partial charge in [0.1, 0.15) is 16.4 Å². The largest absolute Gasteiger partial charge is 0.330 e. The van der Waals surface area contributed by atoms with Crippen LogP contribution in [0.15, 0.2) is 10.8 Å². The lowest BCUT2D eigenvalue weighted by Crippen LogP contribution is -2.02. The highest BCUT2D eigenvalue weighted by molar-refractivity contribution is 7.14. The van der Waals surface area contributed by atoms with E-state index in [2.05, 4.69) is 16.9 Å². The monoisotopic (exact) mass is 379 g/mol. The third-order valence-corrected chi connectivity index (χ3v) is 5.95. The Labute approximate surface area is 158 Å². The second kappa shape index (κ2) is 11.5. The van der Waals surface area contributed by atoms with E-state index in [0.717, 1.165) is 35.0 Å². The molecular weight excluding hydrogens is 350 g/mol. The van der Waals surface area contributed by atoms with Gasteiger partial charge >= 0.3 is 0 Å². The minimum absolute atomic E-state index is 0.158. The van der Waals surface area contributed by atoms with Crippen LogP contribution in [-0.2, 0) is 6.42 Å². The molecule has 2 N–H and O–H groups in total. The fourth-order valence-corrected chi connectivity index (χ4v) is 4.37. The molecule has 2 aromatic rings. The average Bonchev–Trinajstić information content (AvgIpc) is 3.26. The Hall–Kier alpha value is -1.11. The van der Waals surface area contributed by atoms with Crippen LogP contribution in [0.4, 0.5) is 0 Å². The summed E-state index contributed by atoms with van der Waals surface area (Å²) >= 11 is 3.10. The van der Waals surface area contributed by atoms with E-state index in [1.165, 1.54) is 49.9 Å². The first-order valence-corrected chi connectivity index (χ1v) is 11.1. The molecule has 0 aromatic carbocycles. The predicted octanol–water partition coefficient (Wildman–Crippen LogP) is 5.48. The van der Waals surface area contributed by atoms with E-state index in [1.54, 1.807) is 11.3 Å². The van der Waals surface area contributed by atoms with Gasteiger partial charge in [-0.2, -0.15) is 0 Å². The van der Waals surface area contributed by atoms with Crippen molar-refractivity contribution in [2.24, 2.45) is 5.73 Å². The van der Waals surface area contributed by atoms with Crippen molar-refractivity contribution in [2.45, 2.75) is 71.1 Å². The lowest BCUT2D eigenvalue weighted by atomic mass is 10.1. The molecule has 2 rings (SSSR count). The molecule has 0 aliphatic carbocycles. The Balaban J connectivity index is 1.71. The highest BCUT2D eigenvalue weighted by Gasteiger charge is 2.13. The number of unbranched alkanes of at least 4 members (excludes halogenated alkanes) is 7.